The van der Waals surface area contributed by atoms with E-state index in [1.54, 1.807) is 0 Å². The number of nitrogens with one attached hydrogen (secondary N) is 2. The normalized spacial score (nSPS) is 18.6. The number of benzene rings is 1. The van der Waals surface area contributed by atoms with Crippen LogP contribution in [0, 0.1) is 11.3 Å². The molecule has 0 radical (unpaired) electrons. The van der Waals surface area contributed by atoms with E-state index in [2.05, 4.69) is 37.9 Å². The molecule has 5 rings (SSSR count). The lowest BCUT2D eigenvalue weighted by molar-refractivity contribution is 0.0839. The van der Waals surface area contributed by atoms with Crippen molar-refractivity contribution in [1.29, 1.82) is 0 Å². The van der Waals surface area contributed by atoms with Gasteiger partial charge in [0.25, 0.3) is 0 Å². The standard InChI is InChI=1S/C16H22N2O2S.C11H17N3O/c19-9-10-21-17-14-2-1-13(12-20)15(11-14)18-7-5-16(3-4-16)6-8-18;1-12-10-4-3-5-11(13-10)15-8-9-6-14(2)7-9/h1-2,11-12,17,19H,3-10H2;3-5,9H,6-8H2,1-2H3,(H,12,13). The zero-order chi connectivity index (χ0) is 25.4. The summed E-state index contributed by atoms with van der Waals surface area (Å²) in [5.74, 6) is 2.86. The van der Waals surface area contributed by atoms with Crippen molar-refractivity contribution in [2.24, 2.45) is 11.3 Å². The first kappa shape index (κ1) is 26.6. The van der Waals surface area contributed by atoms with Gasteiger partial charge in [-0.05, 0) is 62.4 Å². The quantitative estimate of drug-likeness (QED) is 0.248. The number of aromatic nitrogens is 1. The number of anilines is 3. The Morgan fingerprint density at radius 3 is 2.61 bits per heavy atom. The Balaban J connectivity index is 0.000000179. The second-order valence-electron chi connectivity index (χ2n) is 10.1. The van der Waals surface area contributed by atoms with E-state index in [9.17, 15) is 4.79 Å². The van der Waals surface area contributed by atoms with Gasteiger partial charge < -0.3 is 29.7 Å². The number of piperidine rings is 1. The average molecular weight is 514 g/mol. The summed E-state index contributed by atoms with van der Waals surface area (Å²) in [6.07, 6.45) is 6.23. The number of nitrogens with zero attached hydrogens (tertiary/aromatic N) is 3. The van der Waals surface area contributed by atoms with Crippen LogP contribution >= 0.6 is 11.9 Å². The Hall–Kier alpha value is -2.49. The van der Waals surface area contributed by atoms with Crippen LogP contribution in [-0.2, 0) is 0 Å². The number of aliphatic hydroxyl groups excluding tert-OH is 1. The Labute approximate surface area is 218 Å². The molecule has 8 nitrogen and oxygen atoms in total. The Kier molecular flexibility index (Phi) is 9.34. The predicted molar refractivity (Wildman–Crippen MR) is 148 cm³/mol. The molecular formula is C27H39N5O3S. The molecule has 9 heteroatoms. The monoisotopic (exact) mass is 513 g/mol. The first-order chi connectivity index (χ1) is 17.5. The fourth-order valence-corrected chi connectivity index (χ4v) is 5.32. The third kappa shape index (κ3) is 7.27. The molecule has 1 aromatic carbocycles. The van der Waals surface area contributed by atoms with Crippen LogP contribution in [0.25, 0.3) is 0 Å². The number of hydrogen-bond donors (Lipinski definition) is 3. The smallest absolute Gasteiger partial charge is 0.215 e. The molecule has 0 unspecified atom stereocenters. The van der Waals surface area contributed by atoms with Crippen molar-refractivity contribution < 1.29 is 14.6 Å². The summed E-state index contributed by atoms with van der Waals surface area (Å²) in [7, 11) is 3.98. The van der Waals surface area contributed by atoms with E-state index in [-0.39, 0.29) is 6.61 Å². The van der Waals surface area contributed by atoms with Gasteiger partial charge in [-0.1, -0.05) is 18.0 Å². The van der Waals surface area contributed by atoms with Gasteiger partial charge in [-0.3, -0.25) is 4.79 Å². The third-order valence-corrected chi connectivity index (χ3v) is 8.02. The predicted octanol–water partition coefficient (Wildman–Crippen LogP) is 4.00. The number of pyridine rings is 1. The van der Waals surface area contributed by atoms with E-state index in [4.69, 9.17) is 9.84 Å². The summed E-state index contributed by atoms with van der Waals surface area (Å²) in [6, 6.07) is 11.6. The van der Waals surface area contributed by atoms with E-state index < -0.39 is 0 Å². The first-order valence-corrected chi connectivity index (χ1v) is 13.8. The van der Waals surface area contributed by atoms with Crippen molar-refractivity contribution in [3.63, 3.8) is 0 Å². The van der Waals surface area contributed by atoms with Gasteiger partial charge in [0.05, 0.1) is 13.2 Å². The van der Waals surface area contributed by atoms with Gasteiger partial charge in [-0.2, -0.15) is 4.98 Å². The van der Waals surface area contributed by atoms with Gasteiger partial charge in [0.1, 0.15) is 5.82 Å². The highest BCUT2D eigenvalue weighted by molar-refractivity contribution is 8.00. The summed E-state index contributed by atoms with van der Waals surface area (Å²) < 4.78 is 8.84. The second-order valence-corrected chi connectivity index (χ2v) is 11.0. The van der Waals surface area contributed by atoms with Crippen LogP contribution in [0.2, 0.25) is 0 Å². The second kappa shape index (κ2) is 12.7. The van der Waals surface area contributed by atoms with Crippen LogP contribution in [0.5, 0.6) is 5.88 Å². The highest BCUT2D eigenvalue weighted by atomic mass is 32.2. The largest absolute Gasteiger partial charge is 0.477 e. The minimum Gasteiger partial charge on any atom is -0.477 e. The molecule has 2 saturated heterocycles. The van der Waals surface area contributed by atoms with Gasteiger partial charge in [-0.15, -0.1) is 0 Å². The van der Waals surface area contributed by atoms with Gasteiger partial charge >= 0.3 is 0 Å². The van der Waals surface area contributed by atoms with Crippen LogP contribution in [0.15, 0.2) is 36.4 Å². The minimum absolute atomic E-state index is 0.158. The number of carbonyl (C=O) groups is 1. The van der Waals surface area contributed by atoms with Crippen LogP contribution in [0.1, 0.15) is 36.0 Å². The van der Waals surface area contributed by atoms with E-state index in [1.165, 1.54) is 37.6 Å². The minimum atomic E-state index is 0.158. The Morgan fingerprint density at radius 1 is 1.19 bits per heavy atom. The maximum atomic E-state index is 11.3. The van der Waals surface area contributed by atoms with Gasteiger partial charge in [0, 0.05) is 67.9 Å². The molecular weight excluding hydrogens is 474 g/mol. The van der Waals surface area contributed by atoms with Crippen molar-refractivity contribution >= 4 is 35.4 Å². The molecule has 0 amide bonds. The molecule has 3 N–H and O–H groups in total. The zero-order valence-corrected chi connectivity index (χ0v) is 22.2. The zero-order valence-electron chi connectivity index (χ0n) is 21.4. The molecule has 3 aliphatic rings. The molecule has 2 aromatic rings. The summed E-state index contributed by atoms with van der Waals surface area (Å²) in [5, 5.41) is 11.8. The van der Waals surface area contributed by atoms with Gasteiger partial charge in [-0.25, -0.2) is 0 Å². The lowest BCUT2D eigenvalue weighted by Gasteiger charge is -2.35. The maximum Gasteiger partial charge on any atom is 0.215 e. The molecule has 196 valence electrons. The summed E-state index contributed by atoms with van der Waals surface area (Å²) in [6.45, 7) is 5.29. The average Bonchev–Trinajstić information content (AvgIpc) is 3.65. The van der Waals surface area contributed by atoms with Crippen molar-refractivity contribution in [2.75, 3.05) is 74.2 Å². The van der Waals surface area contributed by atoms with Gasteiger partial charge in [0.2, 0.25) is 5.88 Å². The fourth-order valence-electron chi connectivity index (χ4n) is 4.83. The molecule has 2 aliphatic heterocycles. The summed E-state index contributed by atoms with van der Waals surface area (Å²) in [5.41, 5.74) is 3.43. The van der Waals surface area contributed by atoms with Crippen molar-refractivity contribution in [2.45, 2.75) is 25.7 Å². The topological polar surface area (TPSA) is 90.0 Å². The van der Waals surface area contributed by atoms with Crippen molar-refractivity contribution in [3.8, 4) is 5.88 Å². The van der Waals surface area contributed by atoms with Crippen LogP contribution < -0.4 is 19.7 Å². The number of ether oxygens (including phenoxy) is 1. The van der Waals surface area contributed by atoms with Crippen molar-refractivity contribution in [3.05, 3.63) is 42.0 Å². The van der Waals surface area contributed by atoms with Gasteiger partial charge in [0.15, 0.2) is 6.29 Å². The van der Waals surface area contributed by atoms with Crippen LogP contribution in [-0.4, -0.2) is 80.5 Å². The molecule has 1 saturated carbocycles. The molecule has 0 atom stereocenters. The molecule has 3 fully saturated rings. The number of rotatable bonds is 10. The molecule has 1 aliphatic carbocycles. The Bertz CT molecular complexity index is 987. The fraction of sp³-hybridized carbons (Fsp3) is 0.556. The van der Waals surface area contributed by atoms with Crippen molar-refractivity contribution in [1.82, 2.24) is 9.88 Å². The number of aldehydes is 1. The number of hydrogen-bond acceptors (Lipinski definition) is 9. The van der Waals surface area contributed by atoms with E-state index >= 15 is 0 Å². The van der Waals surface area contributed by atoms with E-state index in [0.717, 1.165) is 61.8 Å². The first-order valence-electron chi connectivity index (χ1n) is 12.8. The van der Waals surface area contributed by atoms with E-state index in [0.29, 0.717) is 23.0 Å². The number of carbonyl (C=O) groups excluding carboxylic acids is 1. The van der Waals surface area contributed by atoms with Crippen LogP contribution in [0.3, 0.4) is 0 Å². The molecule has 36 heavy (non-hydrogen) atoms. The lowest BCUT2D eigenvalue weighted by Crippen LogP contribution is -2.46. The van der Waals surface area contributed by atoms with E-state index in [1.807, 2.05) is 37.4 Å². The molecule has 0 bridgehead atoms. The SMILES string of the molecule is CNc1cccc(OCC2CN(C)C2)n1.O=Cc1ccc(NSCCO)cc1N1CCC2(CC1)CC2. The number of aliphatic hydroxyl groups is 1. The number of likely N-dealkylation sites (tertiary alicyclic amines) is 1. The Morgan fingerprint density at radius 2 is 1.97 bits per heavy atom. The lowest BCUT2D eigenvalue weighted by atomic mass is 9.93. The molecule has 1 aromatic heterocycles. The maximum absolute atomic E-state index is 11.3. The third-order valence-electron chi connectivity index (χ3n) is 7.25. The van der Waals surface area contributed by atoms with Crippen LogP contribution in [0.4, 0.5) is 17.2 Å². The molecule has 1 spiro atoms. The highest BCUT2D eigenvalue weighted by Crippen LogP contribution is 2.54. The summed E-state index contributed by atoms with van der Waals surface area (Å²) >= 11 is 1.48. The summed E-state index contributed by atoms with van der Waals surface area (Å²) in [4.78, 5) is 20.2. The molecule has 3 heterocycles. The highest BCUT2D eigenvalue weighted by Gasteiger charge is 2.44.